The van der Waals surface area contributed by atoms with Gasteiger partial charge < -0.3 is 40.3 Å². The van der Waals surface area contributed by atoms with Crippen LogP contribution in [-0.2, 0) is 14.3 Å². The highest BCUT2D eigenvalue weighted by atomic mass is 16.7. The minimum Gasteiger partial charge on any atom is -0.394 e. The molecule has 0 spiro atoms. The summed E-state index contributed by atoms with van der Waals surface area (Å²) >= 11 is 0. The molecule has 1 amide bonds. The first-order chi connectivity index (χ1) is 37.8. The average molecular weight is 1080 g/mol. The third kappa shape index (κ3) is 45.8. The molecule has 0 bridgehead atoms. The Bertz CT molecular complexity index is 1490. The third-order valence-electron chi connectivity index (χ3n) is 14.9. The maximum absolute atomic E-state index is 13.1. The number of carbonyl (C=O) groups is 1. The van der Waals surface area contributed by atoms with E-state index in [1.165, 1.54) is 186 Å². The van der Waals surface area contributed by atoms with Gasteiger partial charge in [-0.15, -0.1) is 0 Å². The average Bonchev–Trinajstić information content (AvgIpc) is 3.43. The molecule has 1 fully saturated rings. The monoisotopic (exact) mass is 1080 g/mol. The summed E-state index contributed by atoms with van der Waals surface area (Å²) in [6.07, 6.45) is 74.0. The fourth-order valence-electron chi connectivity index (χ4n) is 9.89. The fourth-order valence-corrected chi connectivity index (χ4v) is 9.89. The first kappa shape index (κ1) is 72.4. The van der Waals surface area contributed by atoms with Crippen LogP contribution in [0, 0.1) is 0 Å². The van der Waals surface area contributed by atoms with E-state index in [0.717, 1.165) is 77.0 Å². The highest BCUT2D eigenvalue weighted by Crippen LogP contribution is 2.23. The second kappa shape index (κ2) is 56.6. The second-order valence-corrected chi connectivity index (χ2v) is 22.2. The van der Waals surface area contributed by atoms with E-state index in [1.54, 1.807) is 6.08 Å². The highest BCUT2D eigenvalue weighted by Gasteiger charge is 2.44. The van der Waals surface area contributed by atoms with Crippen molar-refractivity contribution in [1.82, 2.24) is 5.32 Å². The second-order valence-electron chi connectivity index (χ2n) is 22.2. The Labute approximate surface area is 473 Å². The molecule has 0 radical (unpaired) electrons. The molecular formula is C68H121NO8. The highest BCUT2D eigenvalue weighted by molar-refractivity contribution is 5.76. The predicted molar refractivity (Wildman–Crippen MR) is 327 cm³/mol. The van der Waals surface area contributed by atoms with Gasteiger partial charge in [0.05, 0.1) is 25.4 Å². The van der Waals surface area contributed by atoms with E-state index in [2.05, 4.69) is 92.1 Å². The number of aliphatic hydroxyl groups excluding tert-OH is 5. The number of unbranched alkanes of at least 4 members (excludes halogenated alkanes) is 33. The van der Waals surface area contributed by atoms with Gasteiger partial charge in [0, 0.05) is 6.42 Å². The number of ether oxygens (including phenoxy) is 2. The van der Waals surface area contributed by atoms with Crippen LogP contribution >= 0.6 is 0 Å². The van der Waals surface area contributed by atoms with Gasteiger partial charge in [0.1, 0.15) is 24.4 Å². The molecule has 1 aliphatic heterocycles. The number of rotatable bonds is 55. The molecule has 0 aromatic carbocycles. The van der Waals surface area contributed by atoms with Gasteiger partial charge in [-0.2, -0.15) is 0 Å². The van der Waals surface area contributed by atoms with E-state index in [4.69, 9.17) is 9.47 Å². The van der Waals surface area contributed by atoms with Crippen LogP contribution in [0.15, 0.2) is 85.1 Å². The predicted octanol–water partition coefficient (Wildman–Crippen LogP) is 17.0. The van der Waals surface area contributed by atoms with Crippen LogP contribution in [-0.4, -0.2) is 87.5 Å². The van der Waals surface area contributed by atoms with Crippen molar-refractivity contribution in [2.75, 3.05) is 13.2 Å². The van der Waals surface area contributed by atoms with Crippen LogP contribution in [0.25, 0.3) is 0 Å². The van der Waals surface area contributed by atoms with E-state index in [0.29, 0.717) is 6.42 Å². The van der Waals surface area contributed by atoms with E-state index >= 15 is 0 Å². The summed E-state index contributed by atoms with van der Waals surface area (Å²) in [4.78, 5) is 13.1. The molecule has 9 nitrogen and oxygen atoms in total. The van der Waals surface area contributed by atoms with Crippen LogP contribution in [0.5, 0.6) is 0 Å². The molecule has 7 unspecified atom stereocenters. The van der Waals surface area contributed by atoms with Gasteiger partial charge in [-0.05, 0) is 83.5 Å². The minimum atomic E-state index is -1.58. The zero-order valence-corrected chi connectivity index (χ0v) is 49.7. The number of nitrogens with one attached hydrogen (secondary N) is 1. The lowest BCUT2D eigenvalue weighted by molar-refractivity contribution is -0.302. The van der Waals surface area contributed by atoms with Crippen LogP contribution in [0.2, 0.25) is 0 Å². The fraction of sp³-hybridized carbons (Fsp3) is 0.779. The quantitative estimate of drug-likeness (QED) is 0.0261. The molecule has 1 rings (SSSR count). The van der Waals surface area contributed by atoms with Crippen molar-refractivity contribution in [2.24, 2.45) is 0 Å². The maximum atomic E-state index is 13.1. The van der Waals surface area contributed by atoms with Crippen molar-refractivity contribution >= 4 is 5.91 Å². The van der Waals surface area contributed by atoms with Gasteiger partial charge in [-0.3, -0.25) is 4.79 Å². The number of carbonyl (C=O) groups excluding carboxylic acids is 1. The summed E-state index contributed by atoms with van der Waals surface area (Å²) in [6, 6.07) is -0.830. The number of hydrogen-bond donors (Lipinski definition) is 6. The van der Waals surface area contributed by atoms with Crippen LogP contribution < -0.4 is 5.32 Å². The van der Waals surface area contributed by atoms with Crippen molar-refractivity contribution in [3.8, 4) is 0 Å². The Morgan fingerprint density at radius 1 is 0.455 bits per heavy atom. The Balaban J connectivity index is 2.10. The summed E-state index contributed by atoms with van der Waals surface area (Å²) in [5.74, 6) is -0.188. The lowest BCUT2D eigenvalue weighted by Gasteiger charge is -2.40. The molecule has 0 aromatic rings. The summed E-state index contributed by atoms with van der Waals surface area (Å²) < 4.78 is 11.3. The van der Waals surface area contributed by atoms with Crippen molar-refractivity contribution in [3.05, 3.63) is 85.1 Å². The summed E-state index contributed by atoms with van der Waals surface area (Å²) in [7, 11) is 0. The maximum Gasteiger partial charge on any atom is 0.220 e. The molecule has 9 heteroatoms. The smallest absolute Gasteiger partial charge is 0.220 e. The SMILES string of the molecule is CC/C=C\C/C=C\C/C=C\C/C=C\CCCCCCCCCCCCCCCCCCCCCCCCCCC(=O)NC(COC1OC(CO)C(O)C(O)C1O)C(O)/C=C/CC/C=C/CC/C=C/CCCCCCCCC. The molecule has 1 heterocycles. The molecular weight excluding hydrogens is 959 g/mol. The van der Waals surface area contributed by atoms with Crippen LogP contribution in [0.4, 0.5) is 0 Å². The number of hydrogen-bond acceptors (Lipinski definition) is 8. The molecule has 77 heavy (non-hydrogen) atoms. The van der Waals surface area contributed by atoms with Crippen LogP contribution in [0.1, 0.15) is 284 Å². The van der Waals surface area contributed by atoms with Crippen molar-refractivity contribution < 1.29 is 39.8 Å². The molecule has 0 saturated carbocycles. The molecule has 7 atom stereocenters. The van der Waals surface area contributed by atoms with Gasteiger partial charge in [-0.25, -0.2) is 0 Å². The first-order valence-corrected chi connectivity index (χ1v) is 32.3. The zero-order chi connectivity index (χ0) is 55.8. The topological polar surface area (TPSA) is 149 Å². The van der Waals surface area contributed by atoms with Crippen molar-refractivity contribution in [2.45, 2.75) is 326 Å². The Hall–Kier alpha value is -2.63. The number of aliphatic hydroxyl groups is 5. The largest absolute Gasteiger partial charge is 0.394 e. The summed E-state index contributed by atoms with van der Waals surface area (Å²) in [5, 5.41) is 54.5. The van der Waals surface area contributed by atoms with Gasteiger partial charge in [-0.1, -0.05) is 279 Å². The van der Waals surface area contributed by atoms with Gasteiger partial charge in [0.25, 0.3) is 0 Å². The molecule has 446 valence electrons. The third-order valence-corrected chi connectivity index (χ3v) is 14.9. The zero-order valence-electron chi connectivity index (χ0n) is 49.7. The molecule has 0 aliphatic carbocycles. The van der Waals surface area contributed by atoms with Gasteiger partial charge in [0.2, 0.25) is 5.91 Å². The Morgan fingerprint density at radius 3 is 1.25 bits per heavy atom. The Morgan fingerprint density at radius 2 is 0.818 bits per heavy atom. The van der Waals surface area contributed by atoms with E-state index in [1.807, 2.05) is 6.08 Å². The number of allylic oxidation sites excluding steroid dienone is 13. The first-order valence-electron chi connectivity index (χ1n) is 32.3. The van der Waals surface area contributed by atoms with Crippen LogP contribution in [0.3, 0.4) is 0 Å². The summed E-state index contributed by atoms with van der Waals surface area (Å²) in [6.45, 7) is 3.65. The normalized spacial score (nSPS) is 19.3. The van der Waals surface area contributed by atoms with Gasteiger partial charge in [0.15, 0.2) is 6.29 Å². The lowest BCUT2D eigenvalue weighted by Crippen LogP contribution is -2.60. The van der Waals surface area contributed by atoms with Crippen molar-refractivity contribution in [3.63, 3.8) is 0 Å². The minimum absolute atomic E-state index is 0.188. The Kier molecular flexibility index (Phi) is 53.2. The molecule has 0 aromatic heterocycles. The lowest BCUT2D eigenvalue weighted by atomic mass is 9.99. The molecule has 1 aliphatic rings. The van der Waals surface area contributed by atoms with E-state index < -0.39 is 49.5 Å². The standard InChI is InChI=1S/C68H121NO8/c1-3-5-7-9-11-13-15-17-19-21-22-23-24-25-26-27-28-29-30-31-32-33-34-35-36-37-38-39-40-42-44-46-48-50-52-54-56-58-64(72)69-61(60-76-68-67(75)66(74)65(73)63(59-70)77-68)62(71)57-55-53-51-49-47-45-43-41-20-18-16-14-12-10-8-6-4-2/h5,7,11,13,17,19-20,22-23,41,47,49,55,57,61-63,65-68,70-71,73-75H,3-4,6,8-10,12,14-16,18,21,24-40,42-46,48,50-54,56,58-60H2,1-2H3,(H,69,72)/b7-5-,13-11-,19-17-,23-22-,41-20+,49-47+,57-55+. The van der Waals surface area contributed by atoms with E-state index in [-0.39, 0.29) is 12.5 Å². The van der Waals surface area contributed by atoms with Gasteiger partial charge >= 0.3 is 0 Å². The number of amides is 1. The molecule has 6 N–H and O–H groups in total. The molecule has 1 saturated heterocycles. The summed E-state index contributed by atoms with van der Waals surface area (Å²) in [5.41, 5.74) is 0. The van der Waals surface area contributed by atoms with E-state index in [9.17, 15) is 30.3 Å². The van der Waals surface area contributed by atoms with Crippen molar-refractivity contribution in [1.29, 1.82) is 0 Å².